The number of hydrogen-bond acceptors (Lipinski definition) is 2. The molecular weight excluding hydrogens is 272 g/mol. The Hall–Kier alpha value is -0.860. The molecule has 2 fully saturated rings. The second-order valence-corrected chi connectivity index (χ2v) is 7.90. The van der Waals surface area contributed by atoms with E-state index in [0.29, 0.717) is 12.2 Å². The largest absolute Gasteiger partial charge is 0.366 e. The summed E-state index contributed by atoms with van der Waals surface area (Å²) in [5.41, 5.74) is 4.14. The molecule has 0 radical (unpaired) electrons. The fourth-order valence-electron chi connectivity index (χ4n) is 3.67. The summed E-state index contributed by atoms with van der Waals surface area (Å²) in [6.07, 6.45) is 12.0. The van der Waals surface area contributed by atoms with E-state index in [0.717, 1.165) is 38.5 Å². The molecule has 0 bridgehead atoms. The Balaban J connectivity index is 1.75. The molecule has 22 heavy (non-hydrogen) atoms. The first kappa shape index (κ1) is 16.0. The van der Waals surface area contributed by atoms with Gasteiger partial charge in [-0.25, -0.2) is 0 Å². The third-order valence-corrected chi connectivity index (χ3v) is 5.78. The van der Waals surface area contributed by atoms with Gasteiger partial charge < -0.3 is 9.47 Å². The monoisotopic (exact) mass is 302 g/mol. The number of allylic oxidation sites excluding steroid dienone is 5. The Kier molecular flexibility index (Phi) is 4.11. The lowest BCUT2D eigenvalue weighted by Gasteiger charge is -2.12. The van der Waals surface area contributed by atoms with Crippen LogP contribution in [-0.2, 0) is 9.47 Å². The molecule has 2 saturated heterocycles. The summed E-state index contributed by atoms with van der Waals surface area (Å²) in [4.78, 5) is 0. The van der Waals surface area contributed by atoms with E-state index >= 15 is 0 Å². The first-order chi connectivity index (χ1) is 10.3. The quantitative estimate of drug-likeness (QED) is 0.629. The minimum absolute atomic E-state index is 0.0676. The van der Waals surface area contributed by atoms with E-state index in [1.54, 1.807) is 0 Å². The molecule has 0 amide bonds. The highest BCUT2D eigenvalue weighted by Gasteiger charge is 2.56. The highest BCUT2D eigenvalue weighted by Crippen LogP contribution is 2.49. The normalized spacial score (nSPS) is 42.2. The number of rotatable bonds is 1. The van der Waals surface area contributed by atoms with Crippen molar-refractivity contribution in [1.82, 2.24) is 0 Å². The minimum Gasteiger partial charge on any atom is -0.366 e. The molecule has 1 aliphatic carbocycles. The van der Waals surface area contributed by atoms with Gasteiger partial charge in [0.25, 0.3) is 0 Å². The van der Waals surface area contributed by atoms with Crippen LogP contribution in [0.2, 0.25) is 0 Å². The maximum Gasteiger partial charge on any atom is 0.0923 e. The molecule has 2 heteroatoms. The second kappa shape index (κ2) is 5.65. The van der Waals surface area contributed by atoms with Crippen LogP contribution in [0.5, 0.6) is 0 Å². The molecule has 2 heterocycles. The lowest BCUT2D eigenvalue weighted by molar-refractivity contribution is 0.270. The second-order valence-electron chi connectivity index (χ2n) is 7.90. The van der Waals surface area contributed by atoms with Crippen LogP contribution in [0, 0.1) is 0 Å². The van der Waals surface area contributed by atoms with E-state index in [4.69, 9.17) is 9.47 Å². The van der Waals surface area contributed by atoms with Crippen molar-refractivity contribution < 1.29 is 9.47 Å². The summed E-state index contributed by atoms with van der Waals surface area (Å²) >= 11 is 0. The van der Waals surface area contributed by atoms with E-state index in [9.17, 15) is 0 Å². The van der Waals surface area contributed by atoms with E-state index in [-0.39, 0.29) is 11.2 Å². The van der Waals surface area contributed by atoms with Crippen LogP contribution in [0.15, 0.2) is 35.5 Å². The highest BCUT2D eigenvalue weighted by molar-refractivity contribution is 5.31. The maximum absolute atomic E-state index is 6.01. The van der Waals surface area contributed by atoms with Crippen LogP contribution in [-0.4, -0.2) is 23.4 Å². The van der Waals surface area contributed by atoms with Crippen LogP contribution in [0.4, 0.5) is 0 Å². The molecule has 2 nitrogen and oxygen atoms in total. The van der Waals surface area contributed by atoms with Crippen molar-refractivity contribution in [2.24, 2.45) is 0 Å². The SMILES string of the molecule is C=C(C)C1=CC=C(C)CCC2OC2(C)CCC2OC2(C)CC1. The molecule has 0 N–H and O–H groups in total. The van der Waals surface area contributed by atoms with Gasteiger partial charge in [0.1, 0.15) is 0 Å². The van der Waals surface area contributed by atoms with Crippen molar-refractivity contribution in [3.8, 4) is 0 Å². The predicted molar refractivity (Wildman–Crippen MR) is 90.9 cm³/mol. The van der Waals surface area contributed by atoms with Crippen LogP contribution >= 0.6 is 0 Å². The van der Waals surface area contributed by atoms with Crippen molar-refractivity contribution in [3.05, 3.63) is 35.5 Å². The zero-order valence-electron chi connectivity index (χ0n) is 14.6. The summed E-state index contributed by atoms with van der Waals surface area (Å²) < 4.78 is 12.0. The minimum atomic E-state index is 0.0676. The van der Waals surface area contributed by atoms with Gasteiger partial charge in [0.05, 0.1) is 23.4 Å². The summed E-state index contributed by atoms with van der Waals surface area (Å²) in [7, 11) is 0. The first-order valence-electron chi connectivity index (χ1n) is 8.70. The number of fused-ring (bicyclic) bond motifs is 2. The average Bonchev–Trinajstić information content (AvgIpc) is 3.30. The molecule has 3 aliphatic rings. The Labute approximate surface area is 135 Å². The van der Waals surface area contributed by atoms with Crippen LogP contribution < -0.4 is 0 Å². The number of hydrogen-bond donors (Lipinski definition) is 0. The van der Waals surface area contributed by atoms with Crippen molar-refractivity contribution in [3.63, 3.8) is 0 Å². The zero-order chi connectivity index (χ0) is 16.0. The fraction of sp³-hybridized carbons (Fsp3) is 0.700. The number of ether oxygens (including phenoxy) is 2. The van der Waals surface area contributed by atoms with E-state index in [1.807, 2.05) is 0 Å². The topological polar surface area (TPSA) is 25.1 Å². The smallest absolute Gasteiger partial charge is 0.0923 e. The Morgan fingerprint density at radius 1 is 1.05 bits per heavy atom. The Bertz CT molecular complexity index is 530. The maximum atomic E-state index is 6.01. The zero-order valence-corrected chi connectivity index (χ0v) is 14.6. The van der Waals surface area contributed by atoms with Crippen LogP contribution in [0.1, 0.15) is 66.2 Å². The van der Waals surface area contributed by atoms with Crippen molar-refractivity contribution in [2.75, 3.05) is 0 Å². The standard InChI is InChI=1S/C20H30O2/c1-14(2)16-8-6-15(3)7-9-17-20(5,21-17)13-11-18-19(4,22-18)12-10-16/h6,8,17-18H,1,7,9-13H2,2-5H3. The summed E-state index contributed by atoms with van der Waals surface area (Å²) in [5, 5.41) is 0. The van der Waals surface area contributed by atoms with Gasteiger partial charge in [-0.05, 0) is 71.8 Å². The summed E-state index contributed by atoms with van der Waals surface area (Å²) in [5.74, 6) is 0. The van der Waals surface area contributed by atoms with Crippen LogP contribution in [0.25, 0.3) is 0 Å². The molecule has 122 valence electrons. The van der Waals surface area contributed by atoms with Crippen LogP contribution in [0.3, 0.4) is 0 Å². The van der Waals surface area contributed by atoms with Gasteiger partial charge in [-0.15, -0.1) is 0 Å². The van der Waals surface area contributed by atoms with Gasteiger partial charge in [-0.1, -0.05) is 29.9 Å². The fourth-order valence-corrected chi connectivity index (χ4v) is 3.67. The number of epoxide rings is 2. The molecule has 3 rings (SSSR count). The first-order valence-corrected chi connectivity index (χ1v) is 8.70. The lowest BCUT2D eigenvalue weighted by Crippen LogP contribution is -2.15. The van der Waals surface area contributed by atoms with E-state index in [2.05, 4.69) is 46.4 Å². The van der Waals surface area contributed by atoms with Gasteiger partial charge in [0, 0.05) is 0 Å². The van der Waals surface area contributed by atoms with Gasteiger partial charge in [-0.2, -0.15) is 0 Å². The van der Waals surface area contributed by atoms with Gasteiger partial charge in [-0.3, -0.25) is 0 Å². The van der Waals surface area contributed by atoms with E-state index < -0.39 is 0 Å². The lowest BCUT2D eigenvalue weighted by atomic mass is 9.90. The summed E-state index contributed by atoms with van der Waals surface area (Å²) in [6, 6.07) is 0. The predicted octanol–water partition coefficient (Wildman–Crippen LogP) is 5.10. The van der Waals surface area contributed by atoms with Crippen molar-refractivity contribution in [1.29, 1.82) is 0 Å². The highest BCUT2D eigenvalue weighted by atomic mass is 16.6. The molecular formula is C20H30O2. The molecule has 4 unspecified atom stereocenters. The summed E-state index contributed by atoms with van der Waals surface area (Å²) in [6.45, 7) is 13.0. The molecule has 0 aromatic carbocycles. The molecule has 2 aliphatic heterocycles. The average molecular weight is 302 g/mol. The van der Waals surface area contributed by atoms with Gasteiger partial charge >= 0.3 is 0 Å². The van der Waals surface area contributed by atoms with E-state index in [1.165, 1.54) is 16.7 Å². The molecule has 0 saturated carbocycles. The molecule has 0 spiro atoms. The molecule has 0 aromatic heterocycles. The Morgan fingerprint density at radius 3 is 2.36 bits per heavy atom. The third-order valence-electron chi connectivity index (χ3n) is 5.78. The molecule has 0 aromatic rings. The van der Waals surface area contributed by atoms with Crippen molar-refractivity contribution in [2.45, 2.75) is 89.6 Å². The van der Waals surface area contributed by atoms with Crippen molar-refractivity contribution >= 4 is 0 Å². The van der Waals surface area contributed by atoms with Gasteiger partial charge in [0.15, 0.2) is 0 Å². The Morgan fingerprint density at radius 2 is 1.68 bits per heavy atom. The molecule has 4 atom stereocenters. The third kappa shape index (κ3) is 3.38. The van der Waals surface area contributed by atoms with Gasteiger partial charge in [0.2, 0.25) is 0 Å².